The highest BCUT2D eigenvalue weighted by Crippen LogP contribution is 2.49. The van der Waals surface area contributed by atoms with Gasteiger partial charge < -0.3 is 5.32 Å². The van der Waals surface area contributed by atoms with Gasteiger partial charge in [-0.25, -0.2) is 0 Å². The van der Waals surface area contributed by atoms with E-state index in [-0.39, 0.29) is 0 Å². The Balaban J connectivity index is 1.92. The Bertz CT molecular complexity index is 681. The molecule has 2 aromatic rings. The average molecular weight is 310 g/mol. The normalized spacial score (nSPS) is 13.1. The van der Waals surface area contributed by atoms with Crippen molar-refractivity contribution in [3.8, 4) is 6.07 Å². The minimum Gasteiger partial charge on any atom is -0.320 e. The van der Waals surface area contributed by atoms with Crippen LogP contribution in [0.2, 0.25) is 0 Å². The molecular formula is C17H18N4S. The summed E-state index contributed by atoms with van der Waals surface area (Å²) in [5.41, 5.74) is 4.10. The monoisotopic (exact) mass is 310 g/mol. The lowest BCUT2D eigenvalue weighted by molar-refractivity contribution is 0.736. The lowest BCUT2D eigenvalue weighted by Crippen LogP contribution is -2.19. The Hall–Kier alpha value is -2.16. The Morgan fingerprint density at radius 3 is 2.68 bits per heavy atom. The Morgan fingerprint density at radius 1 is 1.14 bits per heavy atom. The highest BCUT2D eigenvalue weighted by atomic mass is 32.2. The van der Waals surface area contributed by atoms with Crippen molar-refractivity contribution < 1.29 is 0 Å². The molecule has 0 fully saturated rings. The number of hydrogen-bond donors (Lipinski definition) is 1. The van der Waals surface area contributed by atoms with Gasteiger partial charge in [0.05, 0.1) is 40.8 Å². The fourth-order valence-corrected chi connectivity index (χ4v) is 3.56. The van der Waals surface area contributed by atoms with Gasteiger partial charge in [-0.2, -0.15) is 5.26 Å². The maximum atomic E-state index is 9.15. The average Bonchev–Trinajstić information content (AvgIpc) is 2.94. The number of hydrogen-bond acceptors (Lipinski definition) is 5. The molecule has 4 nitrogen and oxygen atoms in total. The van der Waals surface area contributed by atoms with E-state index in [1.165, 1.54) is 0 Å². The molecule has 1 heterocycles. The van der Waals surface area contributed by atoms with E-state index in [2.05, 4.69) is 32.1 Å². The summed E-state index contributed by atoms with van der Waals surface area (Å²) in [5.74, 6) is 0. The summed E-state index contributed by atoms with van der Waals surface area (Å²) in [6.07, 6.45) is 1.06. The first-order valence-electron chi connectivity index (χ1n) is 7.33. The highest BCUT2D eigenvalue weighted by molar-refractivity contribution is 8.02. The van der Waals surface area contributed by atoms with Crippen LogP contribution in [0.3, 0.4) is 0 Å². The zero-order valence-electron chi connectivity index (χ0n) is 12.5. The molecule has 5 heteroatoms. The molecule has 0 bridgehead atoms. The molecule has 0 aliphatic carbocycles. The SMILES string of the molecule is CNCCCN1SN(c2ccccc2)c2ccc(C#N)cc21. The molecule has 112 valence electrons. The second-order valence-corrected chi connectivity index (χ2v) is 6.06. The van der Waals surface area contributed by atoms with Crippen LogP contribution in [-0.4, -0.2) is 20.1 Å². The summed E-state index contributed by atoms with van der Waals surface area (Å²) in [6, 6.07) is 18.4. The van der Waals surface area contributed by atoms with Gasteiger partial charge in [0.25, 0.3) is 0 Å². The predicted octanol–water partition coefficient (Wildman–Crippen LogP) is 3.69. The molecule has 0 amide bonds. The molecule has 1 aliphatic rings. The smallest absolute Gasteiger partial charge is 0.0992 e. The van der Waals surface area contributed by atoms with Crippen LogP contribution in [0.15, 0.2) is 48.5 Å². The van der Waals surface area contributed by atoms with Crippen molar-refractivity contribution in [1.29, 1.82) is 5.26 Å². The van der Waals surface area contributed by atoms with Gasteiger partial charge in [-0.15, -0.1) is 0 Å². The Labute approximate surface area is 135 Å². The lowest BCUT2D eigenvalue weighted by atomic mass is 10.1. The summed E-state index contributed by atoms with van der Waals surface area (Å²) in [4.78, 5) is 0. The van der Waals surface area contributed by atoms with Crippen LogP contribution in [0, 0.1) is 11.3 Å². The molecule has 0 atom stereocenters. The van der Waals surface area contributed by atoms with E-state index >= 15 is 0 Å². The first-order valence-corrected chi connectivity index (χ1v) is 8.06. The van der Waals surface area contributed by atoms with E-state index in [9.17, 15) is 0 Å². The molecule has 0 aromatic heterocycles. The number of rotatable bonds is 5. The molecule has 3 rings (SSSR count). The largest absolute Gasteiger partial charge is 0.320 e. The third-order valence-corrected chi connectivity index (χ3v) is 4.70. The van der Waals surface area contributed by atoms with Gasteiger partial charge in [0.2, 0.25) is 0 Å². The van der Waals surface area contributed by atoms with E-state index in [1.807, 2.05) is 43.4 Å². The van der Waals surface area contributed by atoms with E-state index in [1.54, 1.807) is 12.1 Å². The van der Waals surface area contributed by atoms with Crippen LogP contribution in [-0.2, 0) is 0 Å². The topological polar surface area (TPSA) is 42.3 Å². The number of para-hydroxylation sites is 1. The number of fused-ring (bicyclic) bond motifs is 1. The van der Waals surface area contributed by atoms with Crippen LogP contribution in [0.25, 0.3) is 0 Å². The van der Waals surface area contributed by atoms with E-state index < -0.39 is 0 Å². The summed E-state index contributed by atoms with van der Waals surface area (Å²) >= 11 is 1.69. The third-order valence-electron chi connectivity index (χ3n) is 3.55. The standard InChI is InChI=1S/C17H18N4S/c1-19-10-5-11-20-17-12-14(13-18)8-9-16(17)21(22-20)15-6-3-2-4-7-15/h2-4,6-9,12,19H,5,10-11H2,1H3. The fraction of sp³-hybridized carbons (Fsp3) is 0.235. The number of nitrogens with zero attached hydrogens (tertiary/aromatic N) is 3. The predicted molar refractivity (Wildman–Crippen MR) is 93.2 cm³/mol. The Kier molecular flexibility index (Phi) is 4.52. The first-order chi connectivity index (χ1) is 10.8. The van der Waals surface area contributed by atoms with E-state index in [0.29, 0.717) is 5.56 Å². The minimum atomic E-state index is 0.702. The Morgan fingerprint density at radius 2 is 1.95 bits per heavy atom. The van der Waals surface area contributed by atoms with Gasteiger partial charge >= 0.3 is 0 Å². The van der Waals surface area contributed by atoms with E-state index in [0.717, 1.165) is 36.6 Å². The number of anilines is 3. The van der Waals surface area contributed by atoms with Crippen molar-refractivity contribution in [3.63, 3.8) is 0 Å². The maximum absolute atomic E-state index is 9.15. The second kappa shape index (κ2) is 6.73. The minimum absolute atomic E-state index is 0.702. The van der Waals surface area contributed by atoms with Crippen molar-refractivity contribution in [2.45, 2.75) is 6.42 Å². The molecule has 0 saturated heterocycles. The summed E-state index contributed by atoms with van der Waals surface area (Å²) in [6.45, 7) is 1.92. The molecular weight excluding hydrogens is 292 g/mol. The third kappa shape index (κ3) is 2.89. The first kappa shape index (κ1) is 14.8. The zero-order chi connectivity index (χ0) is 15.4. The highest BCUT2D eigenvalue weighted by Gasteiger charge is 2.28. The van der Waals surface area contributed by atoms with Crippen molar-refractivity contribution in [2.24, 2.45) is 0 Å². The summed E-state index contributed by atoms with van der Waals surface area (Å²) in [5, 5.41) is 12.3. The zero-order valence-corrected chi connectivity index (χ0v) is 13.3. The van der Waals surface area contributed by atoms with Gasteiger partial charge in [-0.1, -0.05) is 18.2 Å². The van der Waals surface area contributed by atoms with Gasteiger partial charge in [0.1, 0.15) is 0 Å². The van der Waals surface area contributed by atoms with E-state index in [4.69, 9.17) is 5.26 Å². The van der Waals surface area contributed by atoms with Crippen molar-refractivity contribution in [2.75, 3.05) is 28.7 Å². The van der Waals surface area contributed by atoms with Crippen molar-refractivity contribution >= 4 is 29.2 Å². The van der Waals surface area contributed by atoms with Gasteiger partial charge in [-0.3, -0.25) is 8.61 Å². The van der Waals surface area contributed by atoms with Gasteiger partial charge in [0, 0.05) is 6.54 Å². The molecule has 22 heavy (non-hydrogen) atoms. The summed E-state index contributed by atoms with van der Waals surface area (Å²) < 4.78 is 4.48. The van der Waals surface area contributed by atoms with Crippen LogP contribution >= 0.6 is 12.1 Å². The number of nitrogens with one attached hydrogen (secondary N) is 1. The molecule has 2 aromatic carbocycles. The van der Waals surface area contributed by atoms with Crippen molar-refractivity contribution in [3.05, 3.63) is 54.1 Å². The maximum Gasteiger partial charge on any atom is 0.0992 e. The second-order valence-electron chi connectivity index (χ2n) is 5.09. The van der Waals surface area contributed by atoms with Crippen LogP contribution < -0.4 is 13.9 Å². The quantitative estimate of drug-likeness (QED) is 0.674. The molecule has 1 N–H and O–H groups in total. The molecule has 1 aliphatic heterocycles. The molecule has 0 radical (unpaired) electrons. The van der Waals surface area contributed by atoms with Crippen LogP contribution in [0.5, 0.6) is 0 Å². The van der Waals surface area contributed by atoms with Crippen LogP contribution in [0.1, 0.15) is 12.0 Å². The number of nitriles is 1. The fourth-order valence-electron chi connectivity index (χ4n) is 2.46. The number of benzene rings is 2. The molecule has 0 unspecified atom stereocenters. The molecule has 0 saturated carbocycles. The molecule has 0 spiro atoms. The lowest BCUT2D eigenvalue weighted by Gasteiger charge is -2.19. The summed E-state index contributed by atoms with van der Waals surface area (Å²) in [7, 11) is 1.97. The van der Waals surface area contributed by atoms with Gasteiger partial charge in [-0.05, 0) is 50.3 Å². The van der Waals surface area contributed by atoms with Crippen LogP contribution in [0.4, 0.5) is 17.1 Å². The van der Waals surface area contributed by atoms with Gasteiger partial charge in [0.15, 0.2) is 0 Å². The van der Waals surface area contributed by atoms with Crippen molar-refractivity contribution in [1.82, 2.24) is 5.32 Å².